The van der Waals surface area contributed by atoms with E-state index in [0.717, 1.165) is 51.0 Å². The molecule has 6 heteroatoms. The number of nitrogens with one attached hydrogen (secondary N) is 1. The number of benzene rings is 2. The molecule has 1 aliphatic carbocycles. The van der Waals surface area contributed by atoms with Crippen molar-refractivity contribution in [2.45, 2.75) is 50.8 Å². The lowest BCUT2D eigenvalue weighted by molar-refractivity contribution is 0.210. The van der Waals surface area contributed by atoms with Gasteiger partial charge in [-0.1, -0.05) is 38.3 Å². The molecule has 2 aromatic heterocycles. The number of ether oxygens (including phenoxy) is 1. The van der Waals surface area contributed by atoms with E-state index < -0.39 is 9.84 Å². The summed E-state index contributed by atoms with van der Waals surface area (Å²) in [5.41, 5.74) is 4.64. The molecule has 0 amide bonds. The van der Waals surface area contributed by atoms with E-state index in [4.69, 9.17) is 4.74 Å². The van der Waals surface area contributed by atoms with Crippen LogP contribution in [0.15, 0.2) is 53.6 Å². The van der Waals surface area contributed by atoms with E-state index in [-0.39, 0.29) is 5.75 Å². The van der Waals surface area contributed by atoms with Crippen molar-refractivity contribution in [1.82, 2.24) is 9.97 Å². The highest BCUT2D eigenvalue weighted by atomic mass is 32.2. The lowest BCUT2D eigenvalue weighted by atomic mass is 9.90. The minimum absolute atomic E-state index is 0.0794. The molecule has 5 rings (SSSR count). The van der Waals surface area contributed by atoms with Crippen molar-refractivity contribution in [2.75, 3.05) is 12.4 Å². The fraction of sp³-hybridized carbons (Fsp3) is 0.370. The first-order valence-electron chi connectivity index (χ1n) is 11.8. The van der Waals surface area contributed by atoms with Gasteiger partial charge < -0.3 is 9.72 Å². The summed E-state index contributed by atoms with van der Waals surface area (Å²) in [4.78, 5) is 8.43. The third-order valence-corrected chi connectivity index (χ3v) is 8.52. The Hall–Kier alpha value is -2.86. The molecule has 2 aromatic carbocycles. The molecule has 0 unspecified atom stereocenters. The lowest BCUT2D eigenvalue weighted by Gasteiger charge is -2.22. The van der Waals surface area contributed by atoms with Gasteiger partial charge in [0, 0.05) is 17.0 Å². The van der Waals surface area contributed by atoms with Crippen LogP contribution in [0.5, 0.6) is 5.75 Å². The Morgan fingerprint density at radius 2 is 1.91 bits per heavy atom. The molecule has 0 saturated heterocycles. The number of nitrogens with zero attached hydrogens (tertiary/aromatic N) is 1. The highest BCUT2D eigenvalue weighted by molar-refractivity contribution is 7.91. The van der Waals surface area contributed by atoms with Gasteiger partial charge in [-0.2, -0.15) is 0 Å². The van der Waals surface area contributed by atoms with Gasteiger partial charge in [-0.3, -0.25) is 0 Å². The highest BCUT2D eigenvalue weighted by Gasteiger charge is 2.19. The monoisotopic (exact) mass is 462 g/mol. The second-order valence-electron chi connectivity index (χ2n) is 9.14. The first-order valence-corrected chi connectivity index (χ1v) is 13.5. The van der Waals surface area contributed by atoms with Gasteiger partial charge in [0.1, 0.15) is 11.4 Å². The molecule has 0 aliphatic heterocycles. The van der Waals surface area contributed by atoms with Crippen molar-refractivity contribution in [1.29, 1.82) is 0 Å². The Bertz CT molecular complexity index is 1420. The van der Waals surface area contributed by atoms with Crippen molar-refractivity contribution in [2.24, 2.45) is 5.92 Å². The SMILES string of the molecule is CCS(=O)(=O)c1cccc(-c2ccc(OCC3CCCCC3)c3[nH]c4ncc(C)cc4c23)c1. The molecule has 1 N–H and O–H groups in total. The van der Waals surface area contributed by atoms with E-state index in [1.165, 1.54) is 32.1 Å². The van der Waals surface area contributed by atoms with Crippen LogP contribution < -0.4 is 4.74 Å². The zero-order chi connectivity index (χ0) is 23.0. The van der Waals surface area contributed by atoms with E-state index >= 15 is 0 Å². The first-order chi connectivity index (χ1) is 16.0. The Labute approximate surface area is 195 Å². The standard InChI is InChI=1S/C27H30N2O3S/c1-3-33(30,31)21-11-7-10-20(15-21)22-12-13-24(32-17-19-8-5-4-6-9-19)26-25(22)23-14-18(2)16-28-27(23)29-26/h7,10-16,19H,3-6,8-9,17H2,1-2H3,(H,28,29). The summed E-state index contributed by atoms with van der Waals surface area (Å²) in [6, 6.07) is 13.4. The average Bonchev–Trinajstić information content (AvgIpc) is 3.22. The topological polar surface area (TPSA) is 72.1 Å². The molecule has 33 heavy (non-hydrogen) atoms. The molecule has 0 spiro atoms. The van der Waals surface area contributed by atoms with Crippen LogP contribution in [0, 0.1) is 12.8 Å². The summed E-state index contributed by atoms with van der Waals surface area (Å²) >= 11 is 0. The maximum atomic E-state index is 12.5. The van der Waals surface area contributed by atoms with Crippen LogP contribution >= 0.6 is 0 Å². The van der Waals surface area contributed by atoms with Crippen LogP contribution in [0.3, 0.4) is 0 Å². The first kappa shape index (κ1) is 22.0. The predicted octanol–water partition coefficient (Wildman–Crippen LogP) is 6.44. The van der Waals surface area contributed by atoms with Crippen LogP contribution in [-0.2, 0) is 9.84 Å². The molecule has 172 valence electrons. The van der Waals surface area contributed by atoms with Crippen LogP contribution in [0.1, 0.15) is 44.6 Å². The van der Waals surface area contributed by atoms with Crippen molar-refractivity contribution >= 4 is 31.8 Å². The van der Waals surface area contributed by atoms with Gasteiger partial charge >= 0.3 is 0 Å². The number of H-pyrrole nitrogens is 1. The van der Waals surface area contributed by atoms with Crippen molar-refractivity contribution in [3.8, 4) is 16.9 Å². The van der Waals surface area contributed by atoms with Gasteiger partial charge in [-0.05, 0) is 72.7 Å². The van der Waals surface area contributed by atoms with Crippen molar-refractivity contribution in [3.63, 3.8) is 0 Å². The summed E-state index contributed by atoms with van der Waals surface area (Å²) in [6.45, 7) is 4.43. The molecule has 2 heterocycles. The number of rotatable bonds is 6. The molecule has 4 aromatic rings. The number of sulfone groups is 1. The number of hydrogen-bond acceptors (Lipinski definition) is 4. The van der Waals surface area contributed by atoms with E-state index in [0.29, 0.717) is 10.8 Å². The summed E-state index contributed by atoms with van der Waals surface area (Å²) in [5.74, 6) is 1.51. The number of fused-ring (bicyclic) bond motifs is 3. The third-order valence-electron chi connectivity index (χ3n) is 6.79. The van der Waals surface area contributed by atoms with E-state index in [9.17, 15) is 8.42 Å². The highest BCUT2D eigenvalue weighted by Crippen LogP contribution is 2.40. The minimum atomic E-state index is -3.29. The second kappa shape index (κ2) is 8.82. The van der Waals surface area contributed by atoms with E-state index in [1.54, 1.807) is 19.1 Å². The third kappa shape index (κ3) is 4.24. The van der Waals surface area contributed by atoms with Gasteiger partial charge in [0.15, 0.2) is 9.84 Å². The molecular weight excluding hydrogens is 432 g/mol. The molecule has 5 nitrogen and oxygen atoms in total. The van der Waals surface area contributed by atoms with E-state index in [1.807, 2.05) is 37.4 Å². The number of hydrogen-bond donors (Lipinski definition) is 1. The maximum absolute atomic E-state index is 12.5. The van der Waals surface area contributed by atoms with Crippen molar-refractivity contribution in [3.05, 3.63) is 54.2 Å². The summed E-state index contributed by atoms with van der Waals surface area (Å²) in [5, 5.41) is 2.04. The molecule has 0 atom stereocenters. The number of aryl methyl sites for hydroxylation is 1. The van der Waals surface area contributed by atoms with Gasteiger partial charge in [0.2, 0.25) is 0 Å². The Kier molecular flexibility index (Phi) is 5.87. The minimum Gasteiger partial charge on any atom is -0.491 e. The van der Waals surface area contributed by atoms with Crippen molar-refractivity contribution < 1.29 is 13.2 Å². The Morgan fingerprint density at radius 3 is 2.70 bits per heavy atom. The largest absolute Gasteiger partial charge is 0.491 e. The molecular formula is C27H30N2O3S. The smallest absolute Gasteiger partial charge is 0.178 e. The number of aromatic nitrogens is 2. The average molecular weight is 463 g/mol. The molecule has 1 saturated carbocycles. The number of pyridine rings is 1. The van der Waals surface area contributed by atoms with Gasteiger partial charge in [0.25, 0.3) is 0 Å². The molecule has 1 fully saturated rings. The quantitative estimate of drug-likeness (QED) is 0.358. The van der Waals surface area contributed by atoms with Gasteiger partial charge in [0.05, 0.1) is 22.8 Å². The van der Waals surface area contributed by atoms with Crippen LogP contribution in [0.25, 0.3) is 33.1 Å². The molecule has 0 bridgehead atoms. The molecule has 1 aliphatic rings. The Morgan fingerprint density at radius 1 is 1.09 bits per heavy atom. The fourth-order valence-corrected chi connectivity index (χ4v) is 5.84. The molecule has 0 radical (unpaired) electrons. The maximum Gasteiger partial charge on any atom is 0.178 e. The zero-order valence-electron chi connectivity index (χ0n) is 19.2. The van der Waals surface area contributed by atoms with Gasteiger partial charge in [-0.25, -0.2) is 13.4 Å². The lowest BCUT2D eigenvalue weighted by Crippen LogP contribution is -2.15. The van der Waals surface area contributed by atoms with Crippen LogP contribution in [0.4, 0.5) is 0 Å². The normalized spacial score (nSPS) is 15.3. The fourth-order valence-electron chi connectivity index (χ4n) is 4.91. The second-order valence-corrected chi connectivity index (χ2v) is 11.4. The van der Waals surface area contributed by atoms with E-state index in [2.05, 4.69) is 16.0 Å². The summed E-state index contributed by atoms with van der Waals surface area (Å²) in [7, 11) is -3.29. The van der Waals surface area contributed by atoms with Gasteiger partial charge in [-0.15, -0.1) is 0 Å². The number of aromatic amines is 1. The van der Waals surface area contributed by atoms with Crippen LogP contribution in [-0.4, -0.2) is 30.7 Å². The Balaban J connectivity index is 1.65. The summed E-state index contributed by atoms with van der Waals surface area (Å²) < 4.78 is 31.4. The summed E-state index contributed by atoms with van der Waals surface area (Å²) in [6.07, 6.45) is 8.22. The predicted molar refractivity (Wildman–Crippen MR) is 134 cm³/mol. The zero-order valence-corrected chi connectivity index (χ0v) is 20.0. The van der Waals surface area contributed by atoms with Crippen LogP contribution in [0.2, 0.25) is 0 Å².